The molecule has 3 saturated heterocycles. The number of likely N-dealkylation sites (tertiary alicyclic amines) is 2. The van der Waals surface area contributed by atoms with Crippen molar-refractivity contribution in [2.45, 2.75) is 45.7 Å². The topological polar surface area (TPSA) is 99.0 Å². The number of nitrogens with one attached hydrogen (secondary N) is 1. The van der Waals surface area contributed by atoms with Crippen LogP contribution >= 0.6 is 0 Å². The molecule has 3 fully saturated rings. The third-order valence-electron chi connectivity index (χ3n) is 6.47. The normalized spacial score (nSPS) is 24.4. The van der Waals surface area contributed by atoms with Crippen LogP contribution in [0, 0.1) is 19.3 Å². The number of aromatic nitrogens is 1. The molecule has 3 aliphatic heterocycles. The molecule has 0 unspecified atom stereocenters. The van der Waals surface area contributed by atoms with E-state index in [-0.39, 0.29) is 23.3 Å². The highest BCUT2D eigenvalue weighted by atomic mass is 16.5. The number of aryl methyl sites for hydroxylation is 2. The molecule has 1 N–H and O–H groups in total. The van der Waals surface area contributed by atoms with Crippen LogP contribution in [-0.4, -0.2) is 77.0 Å². The van der Waals surface area contributed by atoms with Gasteiger partial charge in [-0.05, 0) is 26.7 Å². The minimum absolute atomic E-state index is 0.0237. The second kappa shape index (κ2) is 6.79. The second-order valence-corrected chi connectivity index (χ2v) is 8.44. The molecule has 0 radical (unpaired) electrons. The Bertz CT molecular complexity index is 792. The van der Waals surface area contributed by atoms with Crippen LogP contribution in [0.4, 0.5) is 4.79 Å². The van der Waals surface area contributed by atoms with Crippen molar-refractivity contribution in [3.05, 3.63) is 17.0 Å². The van der Waals surface area contributed by atoms with Gasteiger partial charge in [-0.3, -0.25) is 9.59 Å². The van der Waals surface area contributed by atoms with Gasteiger partial charge in [-0.15, -0.1) is 0 Å². The molecule has 9 heteroatoms. The quantitative estimate of drug-likeness (QED) is 0.819. The largest absolute Gasteiger partial charge is 0.361 e. The fourth-order valence-electron chi connectivity index (χ4n) is 4.60. The van der Waals surface area contributed by atoms with E-state index in [4.69, 9.17) is 4.52 Å². The van der Waals surface area contributed by atoms with Crippen molar-refractivity contribution in [1.29, 1.82) is 0 Å². The van der Waals surface area contributed by atoms with Gasteiger partial charge in [-0.1, -0.05) is 5.16 Å². The van der Waals surface area contributed by atoms with E-state index >= 15 is 0 Å². The molecule has 4 heterocycles. The van der Waals surface area contributed by atoms with Gasteiger partial charge in [-0.2, -0.15) is 0 Å². The van der Waals surface area contributed by atoms with E-state index in [9.17, 15) is 14.4 Å². The van der Waals surface area contributed by atoms with Crippen molar-refractivity contribution in [2.75, 3.05) is 33.2 Å². The zero-order valence-electron chi connectivity index (χ0n) is 16.7. The maximum absolute atomic E-state index is 12.7. The molecule has 1 aromatic heterocycles. The fourth-order valence-corrected chi connectivity index (χ4v) is 4.60. The highest BCUT2D eigenvalue weighted by molar-refractivity contribution is 5.90. The Kier molecular flexibility index (Phi) is 4.55. The summed E-state index contributed by atoms with van der Waals surface area (Å²) in [5.74, 6) is 0.893. The Hall–Kier alpha value is -2.58. The molecule has 28 heavy (non-hydrogen) atoms. The second-order valence-electron chi connectivity index (χ2n) is 8.44. The standard InChI is InChI=1S/C19H27N5O4/c1-12-14(13(2)28-21-12)9-24-11-19(8-16(24)25)4-6-23(7-5-19)17(26)15-10-22(3)18(27)20-15/h15H,4-11H2,1-3H3,(H,20,27)/t15-/m0/s1. The number of piperidine rings is 1. The van der Waals surface area contributed by atoms with E-state index in [1.807, 2.05) is 23.6 Å². The monoisotopic (exact) mass is 389 g/mol. The summed E-state index contributed by atoms with van der Waals surface area (Å²) in [6.45, 7) is 6.66. The summed E-state index contributed by atoms with van der Waals surface area (Å²) in [6.07, 6.45) is 2.14. The Labute approximate surface area is 164 Å². The lowest BCUT2D eigenvalue weighted by atomic mass is 9.77. The molecule has 9 nitrogen and oxygen atoms in total. The molecule has 1 spiro atoms. The number of nitrogens with zero attached hydrogens (tertiary/aromatic N) is 4. The maximum atomic E-state index is 12.7. The SMILES string of the molecule is Cc1noc(C)c1CN1CC2(CCN(C(=O)[C@@H]3CN(C)C(=O)N3)CC2)CC1=O. The summed E-state index contributed by atoms with van der Waals surface area (Å²) in [4.78, 5) is 42.2. The molecule has 0 bridgehead atoms. The van der Waals surface area contributed by atoms with Crippen molar-refractivity contribution in [3.63, 3.8) is 0 Å². The van der Waals surface area contributed by atoms with Crippen molar-refractivity contribution in [2.24, 2.45) is 5.41 Å². The minimum Gasteiger partial charge on any atom is -0.361 e. The lowest BCUT2D eigenvalue weighted by Gasteiger charge is -2.39. The molecule has 4 amide bonds. The molecule has 0 aromatic carbocycles. The molecule has 1 aromatic rings. The van der Waals surface area contributed by atoms with Gasteiger partial charge < -0.3 is 24.5 Å². The van der Waals surface area contributed by atoms with Crippen molar-refractivity contribution < 1.29 is 18.9 Å². The summed E-state index contributed by atoms with van der Waals surface area (Å²) in [5.41, 5.74) is 1.75. The van der Waals surface area contributed by atoms with E-state index in [1.54, 1.807) is 7.05 Å². The Morgan fingerprint density at radius 3 is 2.57 bits per heavy atom. The summed E-state index contributed by atoms with van der Waals surface area (Å²) in [6, 6.07) is -0.670. The van der Waals surface area contributed by atoms with Crippen LogP contribution in [0.15, 0.2) is 4.52 Å². The van der Waals surface area contributed by atoms with E-state index in [2.05, 4.69) is 10.5 Å². The van der Waals surface area contributed by atoms with Gasteiger partial charge in [0.2, 0.25) is 11.8 Å². The molecule has 0 aliphatic carbocycles. The van der Waals surface area contributed by atoms with E-state index < -0.39 is 6.04 Å². The van der Waals surface area contributed by atoms with Crippen LogP contribution in [0.5, 0.6) is 0 Å². The van der Waals surface area contributed by atoms with Gasteiger partial charge in [0, 0.05) is 44.1 Å². The van der Waals surface area contributed by atoms with Crippen LogP contribution in [-0.2, 0) is 16.1 Å². The Morgan fingerprint density at radius 1 is 1.29 bits per heavy atom. The number of carbonyl (C=O) groups excluding carboxylic acids is 3. The first kappa shape index (κ1) is 18.8. The molecular formula is C19H27N5O4. The van der Waals surface area contributed by atoms with Crippen LogP contribution in [0.1, 0.15) is 36.3 Å². The van der Waals surface area contributed by atoms with Gasteiger partial charge >= 0.3 is 6.03 Å². The first-order valence-electron chi connectivity index (χ1n) is 9.78. The maximum Gasteiger partial charge on any atom is 0.317 e. The molecule has 4 rings (SSSR count). The van der Waals surface area contributed by atoms with Crippen LogP contribution < -0.4 is 5.32 Å². The Morgan fingerprint density at radius 2 is 2.00 bits per heavy atom. The van der Waals surface area contributed by atoms with E-state index in [1.165, 1.54) is 4.90 Å². The average Bonchev–Trinajstić information content (AvgIpc) is 3.27. The minimum atomic E-state index is -0.465. The molecule has 1 atom stereocenters. The van der Waals surface area contributed by atoms with Crippen molar-refractivity contribution >= 4 is 17.8 Å². The van der Waals surface area contributed by atoms with Gasteiger partial charge in [0.25, 0.3) is 0 Å². The van der Waals surface area contributed by atoms with E-state index in [0.29, 0.717) is 39.1 Å². The van der Waals surface area contributed by atoms with Crippen LogP contribution in [0.25, 0.3) is 0 Å². The molecule has 0 saturated carbocycles. The smallest absolute Gasteiger partial charge is 0.317 e. The highest BCUT2D eigenvalue weighted by Gasteiger charge is 2.46. The summed E-state index contributed by atoms with van der Waals surface area (Å²) in [7, 11) is 1.69. The number of urea groups is 1. The number of amides is 4. The summed E-state index contributed by atoms with van der Waals surface area (Å²) >= 11 is 0. The lowest BCUT2D eigenvalue weighted by molar-refractivity contribution is -0.135. The van der Waals surface area contributed by atoms with E-state index in [0.717, 1.165) is 29.9 Å². The summed E-state index contributed by atoms with van der Waals surface area (Å²) in [5, 5.41) is 6.70. The number of carbonyl (C=O) groups is 3. The third-order valence-corrected chi connectivity index (χ3v) is 6.47. The first-order chi connectivity index (χ1) is 13.3. The van der Waals surface area contributed by atoms with Gasteiger partial charge in [-0.25, -0.2) is 4.79 Å². The summed E-state index contributed by atoms with van der Waals surface area (Å²) < 4.78 is 5.22. The number of hydrogen-bond acceptors (Lipinski definition) is 5. The van der Waals surface area contributed by atoms with Gasteiger partial charge in [0.1, 0.15) is 11.8 Å². The predicted molar refractivity (Wildman–Crippen MR) is 99.2 cm³/mol. The molecular weight excluding hydrogens is 362 g/mol. The number of rotatable bonds is 3. The van der Waals surface area contributed by atoms with Crippen LogP contribution in [0.3, 0.4) is 0 Å². The van der Waals surface area contributed by atoms with Gasteiger partial charge in [0.05, 0.1) is 18.8 Å². The first-order valence-corrected chi connectivity index (χ1v) is 9.78. The zero-order valence-corrected chi connectivity index (χ0v) is 16.7. The zero-order chi connectivity index (χ0) is 20.1. The lowest BCUT2D eigenvalue weighted by Crippen LogP contribution is -2.50. The van der Waals surface area contributed by atoms with Crippen LogP contribution in [0.2, 0.25) is 0 Å². The predicted octanol–water partition coefficient (Wildman–Crippen LogP) is 0.656. The van der Waals surface area contributed by atoms with Crippen molar-refractivity contribution in [1.82, 2.24) is 25.2 Å². The van der Waals surface area contributed by atoms with Gasteiger partial charge in [0.15, 0.2) is 0 Å². The molecule has 3 aliphatic rings. The van der Waals surface area contributed by atoms with Crippen molar-refractivity contribution in [3.8, 4) is 0 Å². The Balaban J connectivity index is 1.36. The average molecular weight is 389 g/mol. The molecule has 152 valence electrons. The third kappa shape index (κ3) is 3.22. The number of hydrogen-bond donors (Lipinski definition) is 1. The number of likely N-dealkylation sites (N-methyl/N-ethyl adjacent to an activating group) is 1. The highest BCUT2D eigenvalue weighted by Crippen LogP contribution is 2.41. The fraction of sp³-hybridized carbons (Fsp3) is 0.684.